The number of benzene rings is 1. The van der Waals surface area contributed by atoms with Crippen LogP contribution in [0.1, 0.15) is 25.3 Å². The van der Waals surface area contributed by atoms with E-state index in [1.807, 2.05) is 31.2 Å². The number of carboxylic acids is 1. The molecule has 1 amide bonds. The summed E-state index contributed by atoms with van der Waals surface area (Å²) in [5.74, 6) is -0.900. The van der Waals surface area contributed by atoms with Gasteiger partial charge in [-0.25, -0.2) is 0 Å². The molecule has 5 nitrogen and oxygen atoms in total. The van der Waals surface area contributed by atoms with E-state index < -0.39 is 5.97 Å². The molecular formula is C15H20N2O3. The van der Waals surface area contributed by atoms with Gasteiger partial charge < -0.3 is 15.7 Å². The minimum Gasteiger partial charge on any atom is -0.481 e. The van der Waals surface area contributed by atoms with Crippen molar-refractivity contribution in [2.24, 2.45) is 5.92 Å². The van der Waals surface area contributed by atoms with Gasteiger partial charge >= 0.3 is 5.97 Å². The number of hydrogen-bond acceptors (Lipinski definition) is 3. The molecule has 1 aliphatic heterocycles. The molecule has 108 valence electrons. The predicted octanol–water partition coefficient (Wildman–Crippen LogP) is 1.64. The van der Waals surface area contributed by atoms with Gasteiger partial charge in [-0.1, -0.05) is 31.5 Å². The molecular weight excluding hydrogens is 256 g/mol. The minimum absolute atomic E-state index is 0.0137. The molecule has 1 aromatic rings. The van der Waals surface area contributed by atoms with Crippen molar-refractivity contribution in [2.45, 2.75) is 32.2 Å². The largest absolute Gasteiger partial charge is 0.481 e. The summed E-state index contributed by atoms with van der Waals surface area (Å²) in [6.07, 6.45) is 1.51. The fourth-order valence-corrected chi connectivity index (χ4v) is 2.43. The Balaban J connectivity index is 1.83. The molecule has 0 aliphatic carbocycles. The Kier molecular flexibility index (Phi) is 4.61. The second-order valence-corrected chi connectivity index (χ2v) is 5.18. The molecule has 1 aliphatic rings. The molecule has 0 saturated carbocycles. The molecule has 0 spiro atoms. The number of carbonyl (C=O) groups excluding carboxylic acids is 1. The van der Waals surface area contributed by atoms with Crippen LogP contribution in [0.15, 0.2) is 24.3 Å². The maximum atomic E-state index is 12.1. The first kappa shape index (κ1) is 14.4. The van der Waals surface area contributed by atoms with Crippen molar-refractivity contribution >= 4 is 17.6 Å². The van der Waals surface area contributed by atoms with Crippen LogP contribution in [0.25, 0.3) is 0 Å². The average Bonchev–Trinajstić information content (AvgIpc) is 2.86. The van der Waals surface area contributed by atoms with Crippen molar-refractivity contribution in [2.75, 3.05) is 11.9 Å². The van der Waals surface area contributed by atoms with Crippen molar-refractivity contribution in [3.63, 3.8) is 0 Å². The number of para-hydroxylation sites is 1. The second kappa shape index (κ2) is 6.41. The van der Waals surface area contributed by atoms with Gasteiger partial charge in [0.15, 0.2) is 0 Å². The molecule has 1 aromatic carbocycles. The Morgan fingerprint density at radius 2 is 2.20 bits per heavy atom. The first-order valence-electron chi connectivity index (χ1n) is 6.94. The lowest BCUT2D eigenvalue weighted by molar-refractivity contribution is -0.138. The Bertz CT molecular complexity index is 477. The van der Waals surface area contributed by atoms with Gasteiger partial charge in [-0.3, -0.25) is 9.59 Å². The summed E-state index contributed by atoms with van der Waals surface area (Å²) in [6, 6.07) is 7.61. The van der Waals surface area contributed by atoms with E-state index >= 15 is 0 Å². The van der Waals surface area contributed by atoms with Crippen LogP contribution in [0, 0.1) is 5.92 Å². The summed E-state index contributed by atoms with van der Waals surface area (Å²) in [5, 5.41) is 14.8. The third kappa shape index (κ3) is 3.50. The van der Waals surface area contributed by atoms with Crippen LogP contribution >= 0.6 is 0 Å². The standard InChI is InChI=1S/C15H20N2O3/c1-2-10(7-14(18)19)9-16-15(20)13-8-11-5-3-4-6-12(11)17-13/h3-6,10,13,17H,2,7-9H2,1H3,(H,16,20)(H,18,19)/t10?,13-/m0/s1. The van der Waals surface area contributed by atoms with E-state index in [9.17, 15) is 9.59 Å². The van der Waals surface area contributed by atoms with Crippen molar-refractivity contribution in [1.82, 2.24) is 5.32 Å². The van der Waals surface area contributed by atoms with Crippen molar-refractivity contribution < 1.29 is 14.7 Å². The molecule has 0 saturated heterocycles. The van der Waals surface area contributed by atoms with E-state index in [-0.39, 0.29) is 24.3 Å². The van der Waals surface area contributed by atoms with Crippen molar-refractivity contribution in [3.05, 3.63) is 29.8 Å². The van der Waals surface area contributed by atoms with Gasteiger partial charge in [-0.15, -0.1) is 0 Å². The zero-order chi connectivity index (χ0) is 14.5. The fraction of sp³-hybridized carbons (Fsp3) is 0.467. The highest BCUT2D eigenvalue weighted by Crippen LogP contribution is 2.25. The second-order valence-electron chi connectivity index (χ2n) is 5.18. The highest BCUT2D eigenvalue weighted by molar-refractivity contribution is 5.87. The number of amides is 1. The summed E-state index contributed by atoms with van der Waals surface area (Å²) in [5.41, 5.74) is 2.15. The highest BCUT2D eigenvalue weighted by Gasteiger charge is 2.26. The normalized spacial score (nSPS) is 17.9. The summed E-state index contributed by atoms with van der Waals surface area (Å²) in [7, 11) is 0. The predicted molar refractivity (Wildman–Crippen MR) is 76.6 cm³/mol. The van der Waals surface area contributed by atoms with E-state index in [4.69, 9.17) is 5.11 Å². The van der Waals surface area contributed by atoms with Crippen LogP contribution < -0.4 is 10.6 Å². The first-order valence-corrected chi connectivity index (χ1v) is 6.94. The molecule has 5 heteroatoms. The Labute approximate surface area is 118 Å². The van der Waals surface area contributed by atoms with Crippen molar-refractivity contribution in [3.8, 4) is 0 Å². The van der Waals surface area contributed by atoms with Crippen LogP contribution in [0.4, 0.5) is 5.69 Å². The lowest BCUT2D eigenvalue weighted by Crippen LogP contribution is -2.40. The maximum absolute atomic E-state index is 12.1. The third-order valence-corrected chi connectivity index (χ3v) is 3.69. The summed E-state index contributed by atoms with van der Waals surface area (Å²) < 4.78 is 0. The van der Waals surface area contributed by atoms with Gasteiger partial charge in [0, 0.05) is 25.1 Å². The van der Waals surface area contributed by atoms with E-state index in [0.29, 0.717) is 13.0 Å². The topological polar surface area (TPSA) is 78.4 Å². The van der Waals surface area contributed by atoms with Crippen LogP contribution in [-0.2, 0) is 16.0 Å². The molecule has 1 unspecified atom stereocenters. The van der Waals surface area contributed by atoms with Crippen molar-refractivity contribution in [1.29, 1.82) is 0 Å². The lowest BCUT2D eigenvalue weighted by Gasteiger charge is -2.16. The number of rotatable bonds is 6. The number of carbonyl (C=O) groups is 2. The van der Waals surface area contributed by atoms with E-state index in [1.165, 1.54) is 0 Å². The number of fused-ring (bicyclic) bond motifs is 1. The Morgan fingerprint density at radius 3 is 2.85 bits per heavy atom. The molecule has 1 heterocycles. The highest BCUT2D eigenvalue weighted by atomic mass is 16.4. The molecule has 2 rings (SSSR count). The zero-order valence-corrected chi connectivity index (χ0v) is 11.6. The smallest absolute Gasteiger partial charge is 0.303 e. The zero-order valence-electron chi connectivity index (χ0n) is 11.6. The van der Waals surface area contributed by atoms with Crippen LogP contribution in [0.3, 0.4) is 0 Å². The monoisotopic (exact) mass is 276 g/mol. The summed E-state index contributed by atoms with van der Waals surface area (Å²) in [4.78, 5) is 22.8. The van der Waals surface area contributed by atoms with E-state index in [0.717, 1.165) is 17.7 Å². The molecule has 0 radical (unpaired) electrons. The van der Waals surface area contributed by atoms with E-state index in [2.05, 4.69) is 10.6 Å². The van der Waals surface area contributed by atoms with E-state index in [1.54, 1.807) is 0 Å². The number of nitrogens with one attached hydrogen (secondary N) is 2. The third-order valence-electron chi connectivity index (χ3n) is 3.69. The minimum atomic E-state index is -0.822. The lowest BCUT2D eigenvalue weighted by atomic mass is 10.0. The van der Waals surface area contributed by atoms with Gasteiger partial charge in [0.25, 0.3) is 0 Å². The average molecular weight is 276 g/mol. The molecule has 2 atom stereocenters. The number of anilines is 1. The Hall–Kier alpha value is -2.04. The van der Waals surface area contributed by atoms with Gasteiger partial charge in [0.1, 0.15) is 6.04 Å². The first-order chi connectivity index (χ1) is 9.60. The van der Waals surface area contributed by atoms with Gasteiger partial charge in [0.2, 0.25) is 5.91 Å². The number of aliphatic carboxylic acids is 1. The van der Waals surface area contributed by atoms with Crippen LogP contribution in [-0.4, -0.2) is 29.6 Å². The summed E-state index contributed by atoms with van der Waals surface area (Å²) in [6.45, 7) is 2.35. The summed E-state index contributed by atoms with van der Waals surface area (Å²) >= 11 is 0. The molecule has 0 fully saturated rings. The van der Waals surface area contributed by atoms with Gasteiger partial charge in [-0.05, 0) is 17.5 Å². The van der Waals surface area contributed by atoms with Gasteiger partial charge in [0.05, 0.1) is 0 Å². The fourth-order valence-electron chi connectivity index (χ4n) is 2.43. The Morgan fingerprint density at radius 1 is 1.45 bits per heavy atom. The van der Waals surface area contributed by atoms with Crippen LogP contribution in [0.2, 0.25) is 0 Å². The number of hydrogen-bond donors (Lipinski definition) is 3. The SMILES string of the molecule is CCC(CNC(=O)[C@@H]1Cc2ccccc2N1)CC(=O)O. The molecule has 3 N–H and O–H groups in total. The molecule has 20 heavy (non-hydrogen) atoms. The molecule has 0 bridgehead atoms. The maximum Gasteiger partial charge on any atom is 0.303 e. The van der Waals surface area contributed by atoms with Gasteiger partial charge in [-0.2, -0.15) is 0 Å². The quantitative estimate of drug-likeness (QED) is 0.738. The van der Waals surface area contributed by atoms with Crippen LogP contribution in [0.5, 0.6) is 0 Å². The molecule has 0 aromatic heterocycles. The number of carboxylic acid groups (broad SMARTS) is 1.